The summed E-state index contributed by atoms with van der Waals surface area (Å²) in [5, 5.41) is 11.7. The van der Waals surface area contributed by atoms with Crippen molar-refractivity contribution in [2.45, 2.75) is 51.5 Å². The normalized spacial score (nSPS) is 16.7. The molecule has 4 heterocycles. The van der Waals surface area contributed by atoms with Crippen molar-refractivity contribution < 1.29 is 14.7 Å². The number of benzene rings is 1. The maximum absolute atomic E-state index is 13.6. The highest BCUT2D eigenvalue weighted by Gasteiger charge is 2.25. The van der Waals surface area contributed by atoms with E-state index in [0.29, 0.717) is 24.7 Å². The number of aromatic carboxylic acids is 1. The Balaban J connectivity index is 1.32. The lowest BCUT2D eigenvalue weighted by Gasteiger charge is -2.36. The molecule has 1 saturated heterocycles. The van der Waals surface area contributed by atoms with Crippen molar-refractivity contribution in [2.75, 3.05) is 50.7 Å². The Morgan fingerprint density at radius 2 is 1.79 bits per heavy atom. The molecule has 0 atom stereocenters. The maximum Gasteiger partial charge on any atom is 0.354 e. The number of anilines is 1. The first-order valence-electron chi connectivity index (χ1n) is 15.3. The van der Waals surface area contributed by atoms with Crippen molar-refractivity contribution in [3.8, 4) is 0 Å². The predicted molar refractivity (Wildman–Crippen MR) is 165 cm³/mol. The zero-order chi connectivity index (χ0) is 29.1. The highest BCUT2D eigenvalue weighted by molar-refractivity contribution is 5.94. The average Bonchev–Trinajstić information content (AvgIpc) is 3.41. The van der Waals surface area contributed by atoms with Gasteiger partial charge in [-0.15, -0.1) is 0 Å². The minimum Gasteiger partial charge on any atom is -0.477 e. The first-order valence-corrected chi connectivity index (χ1v) is 15.3. The molecule has 220 valence electrons. The molecular formula is C33H40N6O3. The van der Waals surface area contributed by atoms with Crippen molar-refractivity contribution in [2.24, 2.45) is 0 Å². The molecule has 2 fully saturated rings. The number of carboxylic acid groups (broad SMARTS) is 1. The van der Waals surface area contributed by atoms with Crippen molar-refractivity contribution in [3.63, 3.8) is 0 Å². The Hall–Kier alpha value is -3.98. The van der Waals surface area contributed by atoms with Gasteiger partial charge in [0.15, 0.2) is 5.69 Å². The number of aromatic nitrogens is 3. The molecule has 0 unspecified atom stereocenters. The summed E-state index contributed by atoms with van der Waals surface area (Å²) in [7, 11) is 0. The lowest BCUT2D eigenvalue weighted by atomic mass is 9.84. The second-order valence-electron chi connectivity index (χ2n) is 11.6. The lowest BCUT2D eigenvalue weighted by Crippen LogP contribution is -2.51. The van der Waals surface area contributed by atoms with Crippen LogP contribution in [0.5, 0.6) is 0 Å². The van der Waals surface area contributed by atoms with Crippen LogP contribution in [0, 0.1) is 0 Å². The standard InChI is InChI=1S/C33H40N6O3/c1-2-36-16-18-37(19-17-36)31(40)23-38(30-12-6-11-28-26(30)10-7-15-34-28)20-21-39-22-27(24-8-4-3-5-9-24)25-13-14-29(33(41)42)35-32(25)39/h6-7,10-15,22,24H,2-5,8-9,16-21,23H2,1H3,(H,41,42). The minimum absolute atomic E-state index is 0.0513. The highest BCUT2D eigenvalue weighted by Crippen LogP contribution is 2.37. The molecular weight excluding hydrogens is 528 g/mol. The van der Waals surface area contributed by atoms with Crippen LogP contribution in [0.4, 0.5) is 5.69 Å². The molecule has 9 heteroatoms. The molecule has 4 aromatic rings. The molecule has 2 aliphatic rings. The third-order valence-electron chi connectivity index (χ3n) is 9.09. The summed E-state index contributed by atoms with van der Waals surface area (Å²) in [5.74, 6) is -0.440. The molecule has 1 aromatic carbocycles. The van der Waals surface area contributed by atoms with Crippen LogP contribution in [-0.2, 0) is 11.3 Å². The highest BCUT2D eigenvalue weighted by atomic mass is 16.4. The van der Waals surface area contributed by atoms with E-state index < -0.39 is 5.97 Å². The summed E-state index contributed by atoms with van der Waals surface area (Å²) >= 11 is 0. The molecule has 0 bridgehead atoms. The molecule has 1 aliphatic carbocycles. The van der Waals surface area contributed by atoms with Crippen LogP contribution in [0.25, 0.3) is 21.9 Å². The Morgan fingerprint density at radius 1 is 0.976 bits per heavy atom. The Labute approximate surface area is 246 Å². The van der Waals surface area contributed by atoms with Gasteiger partial charge in [-0.2, -0.15) is 0 Å². The average molecular weight is 569 g/mol. The summed E-state index contributed by atoms with van der Waals surface area (Å²) in [6.07, 6.45) is 9.98. The number of nitrogens with zero attached hydrogens (tertiary/aromatic N) is 6. The van der Waals surface area contributed by atoms with Crippen molar-refractivity contribution >= 4 is 39.5 Å². The largest absolute Gasteiger partial charge is 0.477 e. The maximum atomic E-state index is 13.6. The first-order chi connectivity index (χ1) is 20.5. The minimum atomic E-state index is -1.03. The predicted octanol–water partition coefficient (Wildman–Crippen LogP) is 5.00. The molecule has 1 aliphatic heterocycles. The number of fused-ring (bicyclic) bond motifs is 2. The Morgan fingerprint density at radius 3 is 2.55 bits per heavy atom. The van der Waals surface area contributed by atoms with Crippen LogP contribution in [0.2, 0.25) is 0 Å². The van der Waals surface area contributed by atoms with E-state index >= 15 is 0 Å². The number of rotatable bonds is 9. The lowest BCUT2D eigenvalue weighted by molar-refractivity contribution is -0.131. The van der Waals surface area contributed by atoms with Crippen LogP contribution in [0.1, 0.15) is 61.0 Å². The Kier molecular flexibility index (Phi) is 8.37. The molecule has 0 radical (unpaired) electrons. The number of amides is 1. The summed E-state index contributed by atoms with van der Waals surface area (Å²) in [5.41, 5.74) is 3.89. The van der Waals surface area contributed by atoms with Gasteiger partial charge in [0.1, 0.15) is 5.65 Å². The van der Waals surface area contributed by atoms with Crippen LogP contribution in [0.3, 0.4) is 0 Å². The zero-order valence-corrected chi connectivity index (χ0v) is 24.4. The molecule has 42 heavy (non-hydrogen) atoms. The zero-order valence-electron chi connectivity index (χ0n) is 24.4. The van der Waals surface area contributed by atoms with E-state index in [9.17, 15) is 14.7 Å². The Bertz CT molecular complexity index is 1560. The van der Waals surface area contributed by atoms with Gasteiger partial charge in [0.05, 0.1) is 12.1 Å². The summed E-state index contributed by atoms with van der Waals surface area (Å²) in [6.45, 7) is 7.86. The fourth-order valence-corrected chi connectivity index (χ4v) is 6.67. The molecule has 0 spiro atoms. The monoisotopic (exact) mass is 568 g/mol. The topological polar surface area (TPSA) is 94.8 Å². The second-order valence-corrected chi connectivity index (χ2v) is 11.6. The van der Waals surface area contributed by atoms with E-state index in [2.05, 4.69) is 49.6 Å². The molecule has 3 aromatic heterocycles. The van der Waals surface area contributed by atoms with E-state index in [1.54, 1.807) is 12.3 Å². The van der Waals surface area contributed by atoms with E-state index in [0.717, 1.165) is 67.5 Å². The smallest absolute Gasteiger partial charge is 0.354 e. The first kappa shape index (κ1) is 28.2. The van der Waals surface area contributed by atoms with Crippen molar-refractivity contribution in [1.82, 2.24) is 24.3 Å². The van der Waals surface area contributed by atoms with Gasteiger partial charge in [-0.25, -0.2) is 9.78 Å². The van der Waals surface area contributed by atoms with Gasteiger partial charge >= 0.3 is 5.97 Å². The fraction of sp³-hybridized carbons (Fsp3) is 0.455. The van der Waals surface area contributed by atoms with E-state index in [1.165, 1.54) is 24.8 Å². The van der Waals surface area contributed by atoms with Gasteiger partial charge in [-0.3, -0.25) is 9.78 Å². The van der Waals surface area contributed by atoms with Crippen LogP contribution in [0.15, 0.2) is 54.9 Å². The number of likely N-dealkylation sites (N-methyl/N-ethyl adjacent to an activating group) is 1. The number of hydrogen-bond donors (Lipinski definition) is 1. The van der Waals surface area contributed by atoms with Crippen LogP contribution < -0.4 is 4.90 Å². The van der Waals surface area contributed by atoms with E-state index in [1.807, 2.05) is 29.2 Å². The molecule has 1 amide bonds. The summed E-state index contributed by atoms with van der Waals surface area (Å²) < 4.78 is 2.10. The number of carbonyl (C=O) groups excluding carboxylic acids is 1. The third kappa shape index (κ3) is 5.83. The van der Waals surface area contributed by atoms with Gasteiger partial charge in [-0.05, 0) is 67.3 Å². The molecule has 1 N–H and O–H groups in total. The molecule has 9 nitrogen and oxygen atoms in total. The van der Waals surface area contributed by atoms with Gasteiger partial charge in [-0.1, -0.05) is 32.3 Å². The second kappa shape index (κ2) is 12.5. The fourth-order valence-electron chi connectivity index (χ4n) is 6.67. The van der Waals surface area contributed by atoms with E-state index in [-0.39, 0.29) is 18.1 Å². The third-order valence-corrected chi connectivity index (χ3v) is 9.09. The molecule has 6 rings (SSSR count). The number of pyridine rings is 2. The number of carboxylic acids is 1. The van der Waals surface area contributed by atoms with Crippen molar-refractivity contribution in [1.29, 1.82) is 0 Å². The summed E-state index contributed by atoms with van der Waals surface area (Å²) in [4.78, 5) is 41.1. The van der Waals surface area contributed by atoms with Gasteiger partial charge < -0.3 is 24.4 Å². The molecule has 1 saturated carbocycles. The van der Waals surface area contributed by atoms with Gasteiger partial charge in [0.25, 0.3) is 0 Å². The number of hydrogen-bond acceptors (Lipinski definition) is 6. The number of carbonyl (C=O) groups is 2. The van der Waals surface area contributed by atoms with Crippen molar-refractivity contribution in [3.05, 3.63) is 66.1 Å². The van der Waals surface area contributed by atoms with E-state index in [4.69, 9.17) is 0 Å². The van der Waals surface area contributed by atoms with Crippen LogP contribution in [-0.4, -0.2) is 87.1 Å². The number of piperazine rings is 1. The van der Waals surface area contributed by atoms with Gasteiger partial charge in [0, 0.05) is 68.1 Å². The van der Waals surface area contributed by atoms with Crippen LogP contribution >= 0.6 is 0 Å². The quantitative estimate of drug-likeness (QED) is 0.304. The SMILES string of the molecule is CCN1CCN(C(=O)CN(CCn2cc(C3CCCCC3)c3ccc(C(=O)O)nc32)c2cccc3ncccc23)CC1. The summed E-state index contributed by atoms with van der Waals surface area (Å²) in [6, 6.07) is 13.6. The van der Waals surface area contributed by atoms with Gasteiger partial charge in [0.2, 0.25) is 5.91 Å².